The van der Waals surface area contributed by atoms with Crippen LogP contribution in [0.2, 0.25) is 5.28 Å². The molecule has 1 aliphatic heterocycles. The smallest absolute Gasteiger partial charge is 0.366 e. The summed E-state index contributed by atoms with van der Waals surface area (Å²) < 4.78 is 39.6. The molecule has 1 fully saturated rings. The first-order valence-electron chi connectivity index (χ1n) is 8.01. The third kappa shape index (κ3) is 4.43. The summed E-state index contributed by atoms with van der Waals surface area (Å²) in [6, 6.07) is 0.0213. The van der Waals surface area contributed by atoms with Crippen LogP contribution in [0, 0.1) is 0 Å². The maximum absolute atomic E-state index is 13.1. The van der Waals surface area contributed by atoms with E-state index in [0.717, 1.165) is 49.1 Å². The van der Waals surface area contributed by atoms with Gasteiger partial charge in [0.05, 0.1) is 10.3 Å². The molecule has 4 nitrogen and oxygen atoms in total. The van der Waals surface area contributed by atoms with E-state index in [9.17, 15) is 13.2 Å². The fourth-order valence-electron chi connectivity index (χ4n) is 2.78. The Bertz CT molecular complexity index is 780. The number of nitrogens with zero attached hydrogens (tertiary/aromatic N) is 2. The summed E-state index contributed by atoms with van der Waals surface area (Å²) in [6.07, 6.45) is 0.592. The molecule has 0 saturated carbocycles. The van der Waals surface area contributed by atoms with E-state index in [1.54, 1.807) is 0 Å². The van der Waals surface area contributed by atoms with Gasteiger partial charge in [-0.2, -0.15) is 18.2 Å². The first-order chi connectivity index (χ1) is 11.8. The molecule has 3 rings (SSSR count). The van der Waals surface area contributed by atoms with Gasteiger partial charge in [0.15, 0.2) is 0 Å². The van der Waals surface area contributed by atoms with Crippen LogP contribution < -0.4 is 10.6 Å². The van der Waals surface area contributed by atoms with Crippen molar-refractivity contribution in [1.82, 2.24) is 15.3 Å². The predicted molar refractivity (Wildman–Crippen MR) is 95.3 cm³/mol. The summed E-state index contributed by atoms with van der Waals surface area (Å²) in [4.78, 5) is 7.86. The van der Waals surface area contributed by atoms with Crippen LogP contribution in [0.25, 0.3) is 10.2 Å². The van der Waals surface area contributed by atoms with Gasteiger partial charge in [-0.25, -0.2) is 4.98 Å². The number of aromatic nitrogens is 2. The molecule has 2 N–H and O–H groups in total. The Labute approximate surface area is 152 Å². The molecule has 0 aromatic carbocycles. The van der Waals surface area contributed by atoms with Gasteiger partial charge in [0, 0.05) is 11.4 Å². The molecule has 136 valence electrons. The van der Waals surface area contributed by atoms with Crippen LogP contribution in [0.3, 0.4) is 0 Å². The highest BCUT2D eigenvalue weighted by Gasteiger charge is 2.35. The molecular formula is C16H18ClF3N4S. The molecule has 0 aliphatic carbocycles. The minimum absolute atomic E-state index is 0.0213. The van der Waals surface area contributed by atoms with E-state index in [0.29, 0.717) is 10.5 Å². The topological polar surface area (TPSA) is 49.8 Å². The van der Waals surface area contributed by atoms with Gasteiger partial charge in [-0.15, -0.1) is 11.3 Å². The number of thiophene rings is 1. The van der Waals surface area contributed by atoms with E-state index in [2.05, 4.69) is 26.7 Å². The van der Waals surface area contributed by atoms with Gasteiger partial charge in [0.2, 0.25) is 5.28 Å². The quantitative estimate of drug-likeness (QED) is 0.578. The Balaban J connectivity index is 1.80. The van der Waals surface area contributed by atoms with E-state index in [-0.39, 0.29) is 16.8 Å². The lowest BCUT2D eigenvalue weighted by molar-refractivity contribution is -0.136. The van der Waals surface area contributed by atoms with Crippen molar-refractivity contribution in [2.24, 2.45) is 0 Å². The minimum atomic E-state index is -4.46. The fraction of sp³-hybridized carbons (Fsp3) is 0.500. The molecule has 0 radical (unpaired) electrons. The number of hydrogen-bond acceptors (Lipinski definition) is 5. The lowest BCUT2D eigenvalue weighted by Gasteiger charge is -2.17. The van der Waals surface area contributed by atoms with Crippen molar-refractivity contribution in [2.75, 3.05) is 18.4 Å². The predicted octanol–water partition coefficient (Wildman–Crippen LogP) is 4.86. The van der Waals surface area contributed by atoms with Gasteiger partial charge < -0.3 is 10.6 Å². The second-order valence-electron chi connectivity index (χ2n) is 6.06. The molecule has 0 bridgehead atoms. The number of alkyl halides is 3. The number of piperidine rings is 1. The SMILES string of the molecule is C[C@@H](CC=C1CCNCC1)Nc1nc(Cl)nc2c(C(F)(F)F)csc12. The Morgan fingerprint density at radius 3 is 2.76 bits per heavy atom. The lowest BCUT2D eigenvalue weighted by Crippen LogP contribution is -2.23. The Kier molecular flexibility index (Phi) is 5.50. The van der Waals surface area contributed by atoms with E-state index in [1.165, 1.54) is 5.57 Å². The van der Waals surface area contributed by atoms with Crippen molar-refractivity contribution >= 4 is 39.0 Å². The molecular weight excluding hydrogens is 373 g/mol. The zero-order chi connectivity index (χ0) is 18.0. The normalized spacial score (nSPS) is 16.9. The Morgan fingerprint density at radius 2 is 2.08 bits per heavy atom. The summed E-state index contributed by atoms with van der Waals surface area (Å²) in [5.41, 5.74) is 0.488. The van der Waals surface area contributed by atoms with Crippen molar-refractivity contribution in [2.45, 2.75) is 38.4 Å². The number of nitrogens with one attached hydrogen (secondary N) is 2. The first kappa shape index (κ1) is 18.4. The molecule has 1 atom stereocenters. The van der Waals surface area contributed by atoms with Crippen LogP contribution in [0.4, 0.5) is 19.0 Å². The van der Waals surface area contributed by atoms with Gasteiger partial charge >= 0.3 is 6.18 Å². The molecule has 2 aromatic heterocycles. The first-order valence-corrected chi connectivity index (χ1v) is 9.27. The van der Waals surface area contributed by atoms with Crippen molar-refractivity contribution < 1.29 is 13.2 Å². The summed E-state index contributed by atoms with van der Waals surface area (Å²) in [5, 5.41) is 7.35. The van der Waals surface area contributed by atoms with Crippen LogP contribution in [0.5, 0.6) is 0 Å². The number of halogens is 4. The highest BCUT2D eigenvalue weighted by Crippen LogP contribution is 2.40. The molecule has 1 saturated heterocycles. The number of fused-ring (bicyclic) bond motifs is 1. The molecule has 0 unspecified atom stereocenters. The molecule has 2 aromatic rings. The van der Waals surface area contributed by atoms with Crippen molar-refractivity contribution in [3.05, 3.63) is 27.9 Å². The van der Waals surface area contributed by atoms with E-state index in [1.807, 2.05) is 6.92 Å². The largest absolute Gasteiger partial charge is 0.419 e. The van der Waals surface area contributed by atoms with Crippen LogP contribution >= 0.6 is 22.9 Å². The average Bonchev–Trinajstić information content (AvgIpc) is 2.98. The zero-order valence-electron chi connectivity index (χ0n) is 13.6. The zero-order valence-corrected chi connectivity index (χ0v) is 15.2. The third-order valence-corrected chi connectivity index (χ3v) is 5.23. The number of hydrogen-bond donors (Lipinski definition) is 2. The molecule has 9 heteroatoms. The van der Waals surface area contributed by atoms with Crippen molar-refractivity contribution in [3.8, 4) is 0 Å². The van der Waals surface area contributed by atoms with E-state index >= 15 is 0 Å². The molecule has 1 aliphatic rings. The summed E-state index contributed by atoms with van der Waals surface area (Å²) in [7, 11) is 0. The van der Waals surface area contributed by atoms with Gasteiger partial charge in [0.1, 0.15) is 11.3 Å². The maximum Gasteiger partial charge on any atom is 0.419 e. The van der Waals surface area contributed by atoms with Gasteiger partial charge in [0.25, 0.3) is 0 Å². The van der Waals surface area contributed by atoms with Crippen LogP contribution in [0.15, 0.2) is 17.0 Å². The van der Waals surface area contributed by atoms with Crippen LogP contribution in [-0.4, -0.2) is 29.1 Å². The van der Waals surface area contributed by atoms with Crippen LogP contribution in [0.1, 0.15) is 31.7 Å². The average molecular weight is 391 g/mol. The van der Waals surface area contributed by atoms with E-state index in [4.69, 9.17) is 11.6 Å². The minimum Gasteiger partial charge on any atom is -0.366 e. The molecule has 0 amide bonds. The Morgan fingerprint density at radius 1 is 1.36 bits per heavy atom. The van der Waals surface area contributed by atoms with Gasteiger partial charge in [-0.1, -0.05) is 11.6 Å². The monoisotopic (exact) mass is 390 g/mol. The second kappa shape index (κ2) is 7.47. The fourth-order valence-corrected chi connectivity index (χ4v) is 3.91. The van der Waals surface area contributed by atoms with Crippen molar-refractivity contribution in [1.29, 1.82) is 0 Å². The maximum atomic E-state index is 13.1. The highest BCUT2D eigenvalue weighted by atomic mass is 35.5. The number of anilines is 1. The number of rotatable bonds is 4. The summed E-state index contributed by atoms with van der Waals surface area (Å²) in [6.45, 7) is 3.95. The molecule has 25 heavy (non-hydrogen) atoms. The summed E-state index contributed by atoms with van der Waals surface area (Å²) in [5.74, 6) is 0.353. The second-order valence-corrected chi connectivity index (χ2v) is 7.28. The molecule has 3 heterocycles. The van der Waals surface area contributed by atoms with Gasteiger partial charge in [-0.05, 0) is 50.9 Å². The molecule has 0 spiro atoms. The van der Waals surface area contributed by atoms with E-state index < -0.39 is 11.7 Å². The van der Waals surface area contributed by atoms with Crippen LogP contribution in [-0.2, 0) is 6.18 Å². The Hall–Kier alpha value is -1.38. The third-order valence-electron chi connectivity index (χ3n) is 4.08. The lowest BCUT2D eigenvalue weighted by atomic mass is 10.0. The standard InChI is InChI=1S/C16H18ClF3N4S/c1-9(2-3-10-4-6-21-7-5-10)22-14-13-12(23-15(17)24-14)11(8-25-13)16(18,19)20/h3,8-9,21H,2,4-7H2,1H3,(H,22,23,24)/t9-/m0/s1. The summed E-state index contributed by atoms with van der Waals surface area (Å²) >= 11 is 6.82. The highest BCUT2D eigenvalue weighted by molar-refractivity contribution is 7.18. The van der Waals surface area contributed by atoms with Gasteiger partial charge in [-0.3, -0.25) is 0 Å². The van der Waals surface area contributed by atoms with Crippen molar-refractivity contribution in [3.63, 3.8) is 0 Å².